The van der Waals surface area contributed by atoms with Crippen molar-refractivity contribution in [2.75, 3.05) is 6.54 Å². The zero-order chi connectivity index (χ0) is 16.9. The number of halogens is 1. The van der Waals surface area contributed by atoms with Gasteiger partial charge in [-0.1, -0.05) is 30.3 Å². The van der Waals surface area contributed by atoms with E-state index in [2.05, 4.69) is 5.32 Å². The number of carbonyl (C=O) groups excluding carboxylic acids is 2. The number of benzene rings is 2. The standard InChI is InChI=1S/C19H19FN2O2/c20-16-10-8-14(9-11-16)13-21-18(23)17-7-4-12-22(17)19(24)15-5-2-1-3-6-15/h1-3,5-6,8-11,17H,4,7,12-13H2,(H,21,23). The molecule has 1 N–H and O–H groups in total. The normalized spacial score (nSPS) is 16.9. The third kappa shape index (κ3) is 3.62. The van der Waals surface area contributed by atoms with Gasteiger partial charge >= 0.3 is 0 Å². The molecule has 5 heteroatoms. The molecule has 0 aliphatic carbocycles. The highest BCUT2D eigenvalue weighted by atomic mass is 19.1. The van der Waals surface area contributed by atoms with Crippen molar-refractivity contribution in [2.45, 2.75) is 25.4 Å². The Morgan fingerprint density at radius 3 is 2.50 bits per heavy atom. The van der Waals surface area contributed by atoms with Crippen LogP contribution in [0.1, 0.15) is 28.8 Å². The fourth-order valence-electron chi connectivity index (χ4n) is 2.94. The van der Waals surface area contributed by atoms with Gasteiger partial charge in [0.15, 0.2) is 0 Å². The van der Waals surface area contributed by atoms with Crippen molar-refractivity contribution in [2.24, 2.45) is 0 Å². The predicted octanol–water partition coefficient (Wildman–Crippen LogP) is 2.75. The van der Waals surface area contributed by atoms with Gasteiger partial charge < -0.3 is 10.2 Å². The van der Waals surface area contributed by atoms with Gasteiger partial charge in [-0.25, -0.2) is 4.39 Å². The molecule has 0 radical (unpaired) electrons. The van der Waals surface area contributed by atoms with E-state index in [9.17, 15) is 14.0 Å². The molecule has 24 heavy (non-hydrogen) atoms. The smallest absolute Gasteiger partial charge is 0.254 e. The minimum atomic E-state index is -0.446. The number of hydrogen-bond acceptors (Lipinski definition) is 2. The molecule has 1 heterocycles. The molecule has 1 fully saturated rings. The maximum atomic E-state index is 12.9. The predicted molar refractivity (Wildman–Crippen MR) is 88.7 cm³/mol. The third-order valence-corrected chi connectivity index (χ3v) is 4.22. The lowest BCUT2D eigenvalue weighted by Gasteiger charge is -2.24. The molecule has 2 aromatic rings. The summed E-state index contributed by atoms with van der Waals surface area (Å²) >= 11 is 0. The first-order valence-corrected chi connectivity index (χ1v) is 8.03. The van der Waals surface area contributed by atoms with Crippen LogP contribution in [0, 0.1) is 5.82 Å². The van der Waals surface area contributed by atoms with Gasteiger partial charge in [-0.15, -0.1) is 0 Å². The van der Waals surface area contributed by atoms with Crippen molar-refractivity contribution in [1.29, 1.82) is 0 Å². The molecule has 1 saturated heterocycles. The molecule has 1 aliphatic heterocycles. The number of nitrogens with zero attached hydrogens (tertiary/aromatic N) is 1. The van der Waals surface area contributed by atoms with E-state index in [0.29, 0.717) is 25.1 Å². The molecular weight excluding hydrogens is 307 g/mol. The molecule has 3 rings (SSSR count). The van der Waals surface area contributed by atoms with E-state index in [1.807, 2.05) is 18.2 Å². The van der Waals surface area contributed by atoms with Crippen LogP contribution in [0.4, 0.5) is 4.39 Å². The number of amides is 2. The highest BCUT2D eigenvalue weighted by molar-refractivity contribution is 5.97. The van der Waals surface area contributed by atoms with Crippen molar-refractivity contribution in [3.05, 3.63) is 71.5 Å². The van der Waals surface area contributed by atoms with E-state index in [1.54, 1.807) is 29.2 Å². The number of rotatable bonds is 4. The van der Waals surface area contributed by atoms with E-state index >= 15 is 0 Å². The summed E-state index contributed by atoms with van der Waals surface area (Å²) in [5.41, 5.74) is 1.42. The minimum absolute atomic E-state index is 0.116. The summed E-state index contributed by atoms with van der Waals surface area (Å²) in [7, 11) is 0. The first-order chi connectivity index (χ1) is 11.6. The molecule has 2 aromatic carbocycles. The average Bonchev–Trinajstić information content (AvgIpc) is 3.11. The Labute approximate surface area is 140 Å². The quantitative estimate of drug-likeness (QED) is 0.939. The molecule has 0 aromatic heterocycles. The monoisotopic (exact) mass is 326 g/mol. The number of likely N-dealkylation sites (tertiary alicyclic amines) is 1. The number of carbonyl (C=O) groups is 2. The average molecular weight is 326 g/mol. The van der Waals surface area contributed by atoms with Gasteiger partial charge in [-0.2, -0.15) is 0 Å². The highest BCUT2D eigenvalue weighted by Crippen LogP contribution is 2.20. The van der Waals surface area contributed by atoms with Crippen LogP contribution in [0.15, 0.2) is 54.6 Å². The Morgan fingerprint density at radius 1 is 1.08 bits per heavy atom. The van der Waals surface area contributed by atoms with Gasteiger partial charge in [0.1, 0.15) is 11.9 Å². The number of hydrogen-bond donors (Lipinski definition) is 1. The Hall–Kier alpha value is -2.69. The summed E-state index contributed by atoms with van der Waals surface area (Å²) in [6, 6.07) is 14.5. The lowest BCUT2D eigenvalue weighted by atomic mass is 10.1. The Morgan fingerprint density at radius 2 is 1.79 bits per heavy atom. The Bertz CT molecular complexity index is 716. The van der Waals surface area contributed by atoms with E-state index in [0.717, 1.165) is 12.0 Å². The maximum Gasteiger partial charge on any atom is 0.254 e. The summed E-state index contributed by atoms with van der Waals surface area (Å²) in [5.74, 6) is -0.586. The van der Waals surface area contributed by atoms with Gasteiger partial charge in [-0.3, -0.25) is 9.59 Å². The molecule has 124 valence electrons. The van der Waals surface area contributed by atoms with E-state index in [4.69, 9.17) is 0 Å². The first kappa shape index (κ1) is 16.2. The van der Waals surface area contributed by atoms with Crippen LogP contribution in [0.2, 0.25) is 0 Å². The summed E-state index contributed by atoms with van der Waals surface area (Å²) in [5, 5.41) is 2.84. The first-order valence-electron chi connectivity index (χ1n) is 8.03. The molecule has 0 bridgehead atoms. The Balaban J connectivity index is 1.63. The maximum absolute atomic E-state index is 12.9. The van der Waals surface area contributed by atoms with Crippen molar-refractivity contribution >= 4 is 11.8 Å². The van der Waals surface area contributed by atoms with Gasteiger partial charge in [-0.05, 0) is 42.7 Å². The highest BCUT2D eigenvalue weighted by Gasteiger charge is 2.34. The van der Waals surface area contributed by atoms with E-state index in [-0.39, 0.29) is 17.6 Å². The fraction of sp³-hybridized carbons (Fsp3) is 0.263. The summed E-state index contributed by atoms with van der Waals surface area (Å²) in [6.45, 7) is 0.908. The topological polar surface area (TPSA) is 49.4 Å². The molecular formula is C19H19FN2O2. The SMILES string of the molecule is O=C(NCc1ccc(F)cc1)C1CCCN1C(=O)c1ccccc1. The molecule has 1 atom stereocenters. The second-order valence-corrected chi connectivity index (χ2v) is 5.87. The van der Waals surface area contributed by atoms with Gasteiger partial charge in [0, 0.05) is 18.7 Å². The van der Waals surface area contributed by atoms with Crippen LogP contribution in [-0.4, -0.2) is 29.3 Å². The molecule has 1 unspecified atom stereocenters. The van der Waals surface area contributed by atoms with E-state index in [1.165, 1.54) is 12.1 Å². The minimum Gasteiger partial charge on any atom is -0.350 e. The summed E-state index contributed by atoms with van der Waals surface area (Å²) < 4.78 is 12.9. The van der Waals surface area contributed by atoms with Crippen molar-refractivity contribution < 1.29 is 14.0 Å². The van der Waals surface area contributed by atoms with Gasteiger partial charge in [0.25, 0.3) is 5.91 Å². The van der Waals surface area contributed by atoms with E-state index < -0.39 is 6.04 Å². The molecule has 2 amide bonds. The Kier molecular flexibility index (Phi) is 4.89. The second-order valence-electron chi connectivity index (χ2n) is 5.87. The number of nitrogens with one attached hydrogen (secondary N) is 1. The zero-order valence-electron chi connectivity index (χ0n) is 13.2. The summed E-state index contributed by atoms with van der Waals surface area (Å²) in [4.78, 5) is 26.7. The second kappa shape index (κ2) is 7.25. The third-order valence-electron chi connectivity index (χ3n) is 4.22. The lowest BCUT2D eigenvalue weighted by molar-refractivity contribution is -0.125. The van der Waals surface area contributed by atoms with Gasteiger partial charge in [0.2, 0.25) is 5.91 Å². The summed E-state index contributed by atoms with van der Waals surface area (Å²) in [6.07, 6.45) is 1.47. The molecule has 4 nitrogen and oxygen atoms in total. The van der Waals surface area contributed by atoms with Crippen LogP contribution < -0.4 is 5.32 Å². The van der Waals surface area contributed by atoms with Crippen LogP contribution in [0.25, 0.3) is 0 Å². The van der Waals surface area contributed by atoms with Crippen molar-refractivity contribution in [3.63, 3.8) is 0 Å². The van der Waals surface area contributed by atoms with Crippen LogP contribution in [0.5, 0.6) is 0 Å². The molecule has 0 saturated carbocycles. The van der Waals surface area contributed by atoms with Crippen molar-refractivity contribution in [3.8, 4) is 0 Å². The van der Waals surface area contributed by atoms with Gasteiger partial charge in [0.05, 0.1) is 0 Å². The van der Waals surface area contributed by atoms with Crippen LogP contribution >= 0.6 is 0 Å². The largest absolute Gasteiger partial charge is 0.350 e. The van der Waals surface area contributed by atoms with Crippen molar-refractivity contribution in [1.82, 2.24) is 10.2 Å². The van der Waals surface area contributed by atoms with Crippen LogP contribution in [-0.2, 0) is 11.3 Å². The fourth-order valence-corrected chi connectivity index (χ4v) is 2.94. The zero-order valence-corrected chi connectivity index (χ0v) is 13.2. The van der Waals surface area contributed by atoms with Crippen LogP contribution in [0.3, 0.4) is 0 Å². The molecule has 1 aliphatic rings. The molecule has 0 spiro atoms. The lowest BCUT2D eigenvalue weighted by Crippen LogP contribution is -2.45.